The molecule has 0 radical (unpaired) electrons. The number of likely N-dealkylation sites (tertiary alicyclic amines) is 1. The highest BCUT2D eigenvalue weighted by molar-refractivity contribution is 6.33. The summed E-state index contributed by atoms with van der Waals surface area (Å²) in [7, 11) is 0. The fourth-order valence-corrected chi connectivity index (χ4v) is 4.87. The largest absolute Gasteiger partial charge is 0.440 e. The predicted octanol–water partition coefficient (Wildman–Crippen LogP) is 5.88. The molecule has 2 fully saturated rings. The van der Waals surface area contributed by atoms with Crippen molar-refractivity contribution in [3.8, 4) is 0 Å². The van der Waals surface area contributed by atoms with Gasteiger partial charge in [0, 0.05) is 37.8 Å². The number of anilines is 2. The minimum absolute atomic E-state index is 0.0854. The molecule has 162 valence electrons. The van der Waals surface area contributed by atoms with Gasteiger partial charge in [-0.2, -0.15) is 0 Å². The Morgan fingerprint density at radius 2 is 1.81 bits per heavy atom. The Bertz CT molecular complexity index is 1040. The molecule has 0 bridgehead atoms. The highest BCUT2D eigenvalue weighted by atomic mass is 35.5. The number of carbonyl (C=O) groups excluding carboxylic acids is 1. The van der Waals surface area contributed by atoms with Crippen molar-refractivity contribution in [1.82, 2.24) is 9.88 Å². The molecule has 2 amide bonds. The lowest BCUT2D eigenvalue weighted by molar-refractivity contribution is 0.190. The molecule has 5 rings (SSSR count). The Morgan fingerprint density at radius 3 is 2.55 bits per heavy atom. The lowest BCUT2D eigenvalue weighted by Crippen LogP contribution is -2.40. The average Bonchev–Trinajstić information content (AvgIpc) is 3.24. The molecule has 3 heterocycles. The van der Waals surface area contributed by atoms with E-state index >= 15 is 0 Å². The zero-order valence-corrected chi connectivity index (χ0v) is 18.3. The quantitative estimate of drug-likeness (QED) is 0.554. The fraction of sp³-hybridized carbons (Fsp3) is 0.417. The van der Waals surface area contributed by atoms with Crippen LogP contribution in [0, 0.1) is 0 Å². The van der Waals surface area contributed by atoms with Crippen LogP contribution in [0.2, 0.25) is 5.02 Å². The van der Waals surface area contributed by atoms with Gasteiger partial charge in [-0.3, -0.25) is 0 Å². The van der Waals surface area contributed by atoms with Crippen LogP contribution in [0.25, 0.3) is 11.1 Å². The Morgan fingerprint density at radius 1 is 1.03 bits per heavy atom. The monoisotopic (exact) mass is 438 g/mol. The van der Waals surface area contributed by atoms with Gasteiger partial charge < -0.3 is 19.5 Å². The second-order valence-corrected chi connectivity index (χ2v) is 8.83. The Hall–Kier alpha value is -2.73. The molecule has 3 aromatic rings. The van der Waals surface area contributed by atoms with E-state index in [1.807, 2.05) is 47.4 Å². The van der Waals surface area contributed by atoms with Crippen LogP contribution < -0.4 is 10.2 Å². The third-order valence-corrected chi connectivity index (χ3v) is 6.64. The lowest BCUT2D eigenvalue weighted by Gasteiger charge is -2.31. The number of urea groups is 1. The summed E-state index contributed by atoms with van der Waals surface area (Å²) in [5.74, 6) is 1.02. The maximum atomic E-state index is 12.8. The number of oxazole rings is 1. The maximum absolute atomic E-state index is 12.8. The smallest absolute Gasteiger partial charge is 0.321 e. The number of piperidine rings is 2. The molecule has 0 saturated carbocycles. The van der Waals surface area contributed by atoms with Crippen molar-refractivity contribution in [3.63, 3.8) is 0 Å². The maximum Gasteiger partial charge on any atom is 0.321 e. The van der Waals surface area contributed by atoms with Crippen LogP contribution in [0.1, 0.15) is 43.9 Å². The van der Waals surface area contributed by atoms with E-state index < -0.39 is 0 Å². The highest BCUT2D eigenvalue weighted by Gasteiger charge is 2.27. The zero-order chi connectivity index (χ0) is 21.2. The lowest BCUT2D eigenvalue weighted by atomic mass is 9.97. The van der Waals surface area contributed by atoms with E-state index in [4.69, 9.17) is 16.0 Å². The van der Waals surface area contributed by atoms with Crippen LogP contribution in [0.5, 0.6) is 0 Å². The summed E-state index contributed by atoms with van der Waals surface area (Å²) in [6, 6.07) is 13.6. The molecule has 0 atom stereocenters. The van der Waals surface area contributed by atoms with Gasteiger partial charge in [0.2, 0.25) is 0 Å². The number of para-hydroxylation sites is 2. The molecular weight excluding hydrogens is 412 g/mol. The first-order valence-electron chi connectivity index (χ1n) is 11.1. The van der Waals surface area contributed by atoms with E-state index in [2.05, 4.69) is 15.2 Å². The SMILES string of the molecule is O=C(Nc1ccc(N2CCCCC2)c(Cl)c1)N1CCC(c2nc3ccccc3o2)CC1. The first kappa shape index (κ1) is 20.2. The number of fused-ring (bicyclic) bond motifs is 1. The number of benzene rings is 2. The van der Waals surface area contributed by atoms with Gasteiger partial charge in [-0.05, 0) is 62.4 Å². The highest BCUT2D eigenvalue weighted by Crippen LogP contribution is 2.32. The Kier molecular flexibility index (Phi) is 5.72. The topological polar surface area (TPSA) is 61.6 Å². The van der Waals surface area contributed by atoms with Crippen molar-refractivity contribution in [3.05, 3.63) is 53.4 Å². The number of carbonyl (C=O) groups is 1. The number of hydrogen-bond acceptors (Lipinski definition) is 4. The predicted molar refractivity (Wildman–Crippen MR) is 124 cm³/mol. The Labute approximate surface area is 187 Å². The van der Waals surface area contributed by atoms with E-state index in [-0.39, 0.29) is 11.9 Å². The van der Waals surface area contributed by atoms with Gasteiger partial charge in [0.25, 0.3) is 0 Å². The number of hydrogen-bond donors (Lipinski definition) is 1. The van der Waals surface area contributed by atoms with Crippen molar-refractivity contribution in [2.75, 3.05) is 36.4 Å². The Balaban J connectivity index is 1.18. The van der Waals surface area contributed by atoms with Crippen LogP contribution >= 0.6 is 11.6 Å². The van der Waals surface area contributed by atoms with E-state index in [1.54, 1.807) is 0 Å². The zero-order valence-electron chi connectivity index (χ0n) is 17.5. The molecule has 31 heavy (non-hydrogen) atoms. The van der Waals surface area contributed by atoms with Gasteiger partial charge in [0.05, 0.1) is 10.7 Å². The van der Waals surface area contributed by atoms with Crippen LogP contribution in [0.15, 0.2) is 46.9 Å². The summed E-state index contributed by atoms with van der Waals surface area (Å²) in [6.45, 7) is 3.44. The summed E-state index contributed by atoms with van der Waals surface area (Å²) < 4.78 is 5.92. The molecule has 1 N–H and O–H groups in total. The van der Waals surface area contributed by atoms with E-state index in [9.17, 15) is 4.79 Å². The third-order valence-electron chi connectivity index (χ3n) is 6.34. The van der Waals surface area contributed by atoms with Crippen LogP contribution in [-0.4, -0.2) is 42.1 Å². The molecule has 2 aliphatic heterocycles. The van der Waals surface area contributed by atoms with Gasteiger partial charge in [-0.15, -0.1) is 0 Å². The molecule has 2 aliphatic rings. The van der Waals surface area contributed by atoms with Gasteiger partial charge in [-0.25, -0.2) is 9.78 Å². The van der Waals surface area contributed by atoms with E-state index in [1.165, 1.54) is 19.3 Å². The first-order valence-corrected chi connectivity index (χ1v) is 11.5. The van der Waals surface area contributed by atoms with Gasteiger partial charge in [0.15, 0.2) is 11.5 Å². The number of nitrogens with zero attached hydrogens (tertiary/aromatic N) is 3. The minimum atomic E-state index is -0.0854. The van der Waals surface area contributed by atoms with Gasteiger partial charge in [-0.1, -0.05) is 23.7 Å². The second kappa shape index (κ2) is 8.79. The van der Waals surface area contributed by atoms with E-state index in [0.717, 1.165) is 54.3 Å². The number of nitrogens with one attached hydrogen (secondary N) is 1. The molecule has 0 unspecified atom stereocenters. The van der Waals surface area contributed by atoms with Crippen molar-refractivity contribution in [2.24, 2.45) is 0 Å². The minimum Gasteiger partial charge on any atom is -0.440 e. The summed E-state index contributed by atoms with van der Waals surface area (Å²) in [5.41, 5.74) is 3.50. The summed E-state index contributed by atoms with van der Waals surface area (Å²) in [4.78, 5) is 21.6. The molecular formula is C24H27ClN4O2. The van der Waals surface area contributed by atoms with Crippen molar-refractivity contribution < 1.29 is 9.21 Å². The average molecular weight is 439 g/mol. The van der Waals surface area contributed by atoms with Gasteiger partial charge in [0.1, 0.15) is 5.52 Å². The van der Waals surface area contributed by atoms with Crippen molar-refractivity contribution in [1.29, 1.82) is 0 Å². The summed E-state index contributed by atoms with van der Waals surface area (Å²) in [5, 5.41) is 3.69. The summed E-state index contributed by atoms with van der Waals surface area (Å²) in [6.07, 6.45) is 5.37. The van der Waals surface area contributed by atoms with Crippen LogP contribution in [0.4, 0.5) is 16.2 Å². The molecule has 0 aliphatic carbocycles. The molecule has 6 nitrogen and oxygen atoms in total. The van der Waals surface area contributed by atoms with Crippen molar-refractivity contribution >= 4 is 40.1 Å². The number of amides is 2. The number of halogens is 1. The second-order valence-electron chi connectivity index (χ2n) is 8.43. The molecule has 2 saturated heterocycles. The molecule has 0 spiro atoms. The fourth-order valence-electron chi connectivity index (χ4n) is 4.57. The molecule has 2 aromatic carbocycles. The third kappa shape index (κ3) is 4.35. The van der Waals surface area contributed by atoms with Crippen LogP contribution in [-0.2, 0) is 0 Å². The normalized spacial score (nSPS) is 17.8. The molecule has 1 aromatic heterocycles. The molecule has 7 heteroatoms. The standard InChI is InChI=1S/C24H27ClN4O2/c25-19-16-18(8-9-21(19)28-12-4-1-5-13-28)26-24(30)29-14-10-17(11-15-29)23-27-20-6-2-3-7-22(20)31-23/h2-3,6-9,16-17H,1,4-5,10-15H2,(H,26,30). The summed E-state index contributed by atoms with van der Waals surface area (Å²) >= 11 is 6.53. The van der Waals surface area contributed by atoms with E-state index in [0.29, 0.717) is 18.1 Å². The van der Waals surface area contributed by atoms with Gasteiger partial charge >= 0.3 is 6.03 Å². The number of aromatic nitrogens is 1. The van der Waals surface area contributed by atoms with Crippen LogP contribution in [0.3, 0.4) is 0 Å². The number of rotatable bonds is 3. The first-order chi connectivity index (χ1) is 15.2. The van der Waals surface area contributed by atoms with Crippen molar-refractivity contribution in [2.45, 2.75) is 38.0 Å².